The van der Waals surface area contributed by atoms with Crippen molar-refractivity contribution in [1.82, 2.24) is 24.6 Å². The average Bonchev–Trinajstić information content (AvgIpc) is 3.16. The van der Waals surface area contributed by atoms with E-state index in [1.165, 1.54) is 11.1 Å². The molecule has 2 N–H and O–H groups in total. The van der Waals surface area contributed by atoms with Crippen LogP contribution in [0.3, 0.4) is 0 Å². The van der Waals surface area contributed by atoms with Gasteiger partial charge in [-0.25, -0.2) is 9.97 Å². The molecule has 0 fully saturated rings. The number of methoxy groups -OCH3 is 1. The molecule has 2 aromatic heterocycles. The molecule has 0 saturated carbocycles. The molecule has 0 spiro atoms. The van der Waals surface area contributed by atoms with E-state index < -0.39 is 0 Å². The minimum absolute atomic E-state index is 0.234. The van der Waals surface area contributed by atoms with Gasteiger partial charge in [0.1, 0.15) is 5.75 Å². The Morgan fingerprint density at radius 1 is 1.25 bits per heavy atom. The van der Waals surface area contributed by atoms with Gasteiger partial charge in [-0.2, -0.15) is 5.10 Å². The second kappa shape index (κ2) is 7.47. The second-order valence-electron chi connectivity index (χ2n) is 6.88. The zero-order chi connectivity index (χ0) is 19.7. The number of ether oxygens (including phenoxy) is 2. The van der Waals surface area contributed by atoms with Crippen molar-refractivity contribution in [3.05, 3.63) is 41.9 Å². The second-order valence-corrected chi connectivity index (χ2v) is 6.88. The number of anilines is 1. The molecule has 8 nitrogen and oxygen atoms in total. The smallest absolute Gasteiger partial charge is 0.263 e. The van der Waals surface area contributed by atoms with Gasteiger partial charge in [-0.15, -0.1) is 0 Å². The van der Waals surface area contributed by atoms with Crippen molar-refractivity contribution in [2.75, 3.05) is 26.4 Å². The number of nitrogens with two attached hydrogens (primary N) is 1. The molecule has 0 radical (unpaired) electrons. The van der Waals surface area contributed by atoms with E-state index in [2.05, 4.69) is 33.1 Å². The van der Waals surface area contributed by atoms with Crippen LogP contribution in [0.4, 0.5) is 5.82 Å². The summed E-state index contributed by atoms with van der Waals surface area (Å²) in [6, 6.07) is 4.15. The molecule has 8 heteroatoms. The van der Waals surface area contributed by atoms with Gasteiger partial charge in [-0.1, -0.05) is 0 Å². The Morgan fingerprint density at radius 3 is 2.86 bits per heavy atom. The van der Waals surface area contributed by atoms with Gasteiger partial charge in [0.2, 0.25) is 0 Å². The van der Waals surface area contributed by atoms with Crippen molar-refractivity contribution >= 4 is 5.82 Å². The Bertz CT molecular complexity index is 1000. The molecule has 4 rings (SSSR count). The van der Waals surface area contributed by atoms with Crippen molar-refractivity contribution in [2.45, 2.75) is 26.4 Å². The first-order valence-corrected chi connectivity index (χ1v) is 9.29. The highest BCUT2D eigenvalue weighted by Crippen LogP contribution is 2.34. The summed E-state index contributed by atoms with van der Waals surface area (Å²) in [6.45, 7) is 4.66. The summed E-state index contributed by atoms with van der Waals surface area (Å²) in [5.74, 6) is 1.95. The fraction of sp³-hybridized carbons (Fsp3) is 0.350. The van der Waals surface area contributed by atoms with Gasteiger partial charge in [0.25, 0.3) is 5.88 Å². The number of aromatic nitrogens is 4. The minimum Gasteiger partial charge on any atom is -0.496 e. The van der Waals surface area contributed by atoms with Gasteiger partial charge < -0.3 is 20.1 Å². The molecule has 0 saturated heterocycles. The average molecular weight is 380 g/mol. The molecular formula is C20H24N6O2. The van der Waals surface area contributed by atoms with E-state index in [4.69, 9.17) is 15.2 Å². The van der Waals surface area contributed by atoms with Crippen LogP contribution >= 0.6 is 0 Å². The molecule has 28 heavy (non-hydrogen) atoms. The lowest BCUT2D eigenvalue weighted by Gasteiger charge is -2.27. The largest absolute Gasteiger partial charge is 0.496 e. The fourth-order valence-corrected chi connectivity index (χ4v) is 3.41. The van der Waals surface area contributed by atoms with Gasteiger partial charge in [0.05, 0.1) is 31.4 Å². The molecule has 1 aromatic carbocycles. The molecule has 1 aliphatic heterocycles. The highest BCUT2D eigenvalue weighted by molar-refractivity contribution is 5.66. The summed E-state index contributed by atoms with van der Waals surface area (Å²) < 4.78 is 13.2. The maximum Gasteiger partial charge on any atom is 0.263 e. The van der Waals surface area contributed by atoms with Crippen molar-refractivity contribution in [2.24, 2.45) is 0 Å². The van der Waals surface area contributed by atoms with Crippen LogP contribution in [0, 0.1) is 0 Å². The number of hydrogen-bond donors (Lipinski definition) is 1. The molecule has 146 valence electrons. The number of nitrogen functional groups attached to an aromatic ring is 1. The van der Waals surface area contributed by atoms with Crippen molar-refractivity contribution in [3.63, 3.8) is 0 Å². The van der Waals surface area contributed by atoms with Crippen LogP contribution in [0.15, 0.2) is 30.7 Å². The van der Waals surface area contributed by atoms with Gasteiger partial charge >= 0.3 is 0 Å². The Hall–Kier alpha value is -3.13. The molecule has 0 amide bonds. The van der Waals surface area contributed by atoms with E-state index in [1.807, 2.05) is 13.0 Å². The van der Waals surface area contributed by atoms with E-state index >= 15 is 0 Å². The molecule has 0 unspecified atom stereocenters. The Labute approximate surface area is 163 Å². The zero-order valence-electron chi connectivity index (χ0n) is 16.3. The van der Waals surface area contributed by atoms with Crippen LogP contribution in [-0.4, -0.2) is 45.4 Å². The zero-order valence-corrected chi connectivity index (χ0v) is 16.3. The number of benzene rings is 1. The van der Waals surface area contributed by atoms with Crippen LogP contribution in [0.1, 0.15) is 18.1 Å². The fourth-order valence-electron chi connectivity index (χ4n) is 3.41. The molecule has 0 atom stereocenters. The van der Waals surface area contributed by atoms with Crippen LogP contribution in [0.2, 0.25) is 0 Å². The van der Waals surface area contributed by atoms with Crippen LogP contribution in [0.5, 0.6) is 17.4 Å². The SMILES string of the molecule is CCn1cc(Oc2nc(-c3cc4c(c(OC)c3)CCN(C)C4)cnc2N)cn1. The number of rotatable bonds is 5. The van der Waals surface area contributed by atoms with E-state index in [9.17, 15) is 0 Å². The molecule has 3 heterocycles. The summed E-state index contributed by atoms with van der Waals surface area (Å²) in [5, 5.41) is 4.20. The standard InChI is InChI=1S/C20H24N6O2/c1-4-26-12-15(9-23-26)28-20-19(21)22-10-17(24-20)13-7-14-11-25(2)6-5-16(14)18(8-13)27-3/h7-10,12H,4-6,11H2,1-3H3,(H2,21,22). The topological polar surface area (TPSA) is 91.3 Å². The van der Waals surface area contributed by atoms with Crippen molar-refractivity contribution < 1.29 is 9.47 Å². The van der Waals surface area contributed by atoms with Crippen molar-refractivity contribution in [3.8, 4) is 28.6 Å². The summed E-state index contributed by atoms with van der Waals surface area (Å²) in [7, 11) is 3.82. The Balaban J connectivity index is 1.70. The highest BCUT2D eigenvalue weighted by Gasteiger charge is 2.20. The normalized spacial score (nSPS) is 14.0. The molecule has 3 aromatic rings. The third-order valence-corrected chi connectivity index (χ3v) is 4.92. The number of fused-ring (bicyclic) bond motifs is 1. The van der Waals surface area contributed by atoms with Gasteiger partial charge in [0.15, 0.2) is 11.6 Å². The first-order valence-electron chi connectivity index (χ1n) is 9.29. The van der Waals surface area contributed by atoms with Gasteiger partial charge in [-0.3, -0.25) is 4.68 Å². The van der Waals surface area contributed by atoms with Crippen LogP contribution < -0.4 is 15.2 Å². The number of hydrogen-bond acceptors (Lipinski definition) is 7. The maximum absolute atomic E-state index is 5.98. The Morgan fingerprint density at radius 2 is 2.11 bits per heavy atom. The molecule has 1 aliphatic rings. The summed E-state index contributed by atoms with van der Waals surface area (Å²) in [6.07, 6.45) is 6.06. The minimum atomic E-state index is 0.234. The van der Waals surface area contributed by atoms with Crippen molar-refractivity contribution in [1.29, 1.82) is 0 Å². The van der Waals surface area contributed by atoms with Gasteiger partial charge in [0, 0.05) is 25.2 Å². The lowest BCUT2D eigenvalue weighted by atomic mass is 9.95. The lowest BCUT2D eigenvalue weighted by Crippen LogP contribution is -2.26. The summed E-state index contributed by atoms with van der Waals surface area (Å²) >= 11 is 0. The van der Waals surface area contributed by atoms with E-state index in [-0.39, 0.29) is 11.7 Å². The van der Waals surface area contributed by atoms with E-state index in [1.54, 1.807) is 30.4 Å². The predicted octanol–water partition coefficient (Wildman–Crippen LogP) is 2.73. The summed E-state index contributed by atoms with van der Waals surface area (Å²) in [4.78, 5) is 11.2. The highest BCUT2D eigenvalue weighted by atomic mass is 16.5. The molecular weight excluding hydrogens is 356 g/mol. The first kappa shape index (κ1) is 18.2. The molecule has 0 bridgehead atoms. The number of likely N-dealkylation sites (N-methyl/N-ethyl adjacent to an activating group) is 1. The number of aryl methyl sites for hydroxylation is 1. The van der Waals surface area contributed by atoms with Crippen LogP contribution in [0.25, 0.3) is 11.3 Å². The number of nitrogens with zero attached hydrogens (tertiary/aromatic N) is 5. The predicted molar refractivity (Wildman–Crippen MR) is 106 cm³/mol. The maximum atomic E-state index is 5.98. The third-order valence-electron chi connectivity index (χ3n) is 4.92. The first-order chi connectivity index (χ1) is 13.6. The van der Waals surface area contributed by atoms with E-state index in [0.717, 1.165) is 37.4 Å². The lowest BCUT2D eigenvalue weighted by molar-refractivity contribution is 0.306. The van der Waals surface area contributed by atoms with Gasteiger partial charge in [-0.05, 0) is 43.7 Å². The van der Waals surface area contributed by atoms with E-state index in [0.29, 0.717) is 11.4 Å². The third kappa shape index (κ3) is 3.50. The summed E-state index contributed by atoms with van der Waals surface area (Å²) in [5.41, 5.74) is 10.1. The quantitative estimate of drug-likeness (QED) is 0.728. The van der Waals surface area contributed by atoms with Crippen LogP contribution in [-0.2, 0) is 19.5 Å². The molecule has 0 aliphatic carbocycles. The Kier molecular flexibility index (Phi) is 4.87. The monoisotopic (exact) mass is 380 g/mol.